The third-order valence-electron chi connectivity index (χ3n) is 2.74. The van der Waals surface area contributed by atoms with Crippen molar-refractivity contribution in [3.05, 3.63) is 34.3 Å². The van der Waals surface area contributed by atoms with E-state index in [0.29, 0.717) is 24.5 Å². The van der Waals surface area contributed by atoms with Gasteiger partial charge in [-0.2, -0.15) is 0 Å². The summed E-state index contributed by atoms with van der Waals surface area (Å²) in [5.74, 6) is -0.194. The van der Waals surface area contributed by atoms with E-state index in [1.807, 2.05) is 24.1 Å². The maximum atomic E-state index is 11.0. The highest BCUT2D eigenvalue weighted by Crippen LogP contribution is 2.11. The van der Waals surface area contributed by atoms with Crippen molar-refractivity contribution in [2.24, 2.45) is 0 Å². The van der Waals surface area contributed by atoms with Crippen LogP contribution in [0.25, 0.3) is 0 Å². The van der Waals surface area contributed by atoms with E-state index in [1.165, 1.54) is 12.7 Å². The highest BCUT2D eigenvalue weighted by Gasteiger charge is 2.05. The molecule has 1 rings (SSSR count). The van der Waals surface area contributed by atoms with Crippen molar-refractivity contribution in [1.82, 2.24) is 10.2 Å². The van der Waals surface area contributed by atoms with Gasteiger partial charge in [-0.05, 0) is 36.3 Å². The van der Waals surface area contributed by atoms with E-state index in [4.69, 9.17) is 12.2 Å². The number of carbonyl (C=O) groups is 1. The van der Waals surface area contributed by atoms with E-state index < -0.39 is 0 Å². The van der Waals surface area contributed by atoms with Gasteiger partial charge in [0.2, 0.25) is 0 Å². The minimum Gasteiger partial charge on any atom is -0.469 e. The number of hydrogen-bond acceptors (Lipinski definition) is 3. The first kappa shape index (κ1) is 16.9. The smallest absolute Gasteiger partial charge is 0.305 e. The summed E-state index contributed by atoms with van der Waals surface area (Å²) in [5, 5.41) is 3.81. The summed E-state index contributed by atoms with van der Waals surface area (Å²) in [5.41, 5.74) is 1.19. The van der Waals surface area contributed by atoms with Crippen LogP contribution in [0.15, 0.2) is 28.7 Å². The molecule has 0 aromatic heterocycles. The molecule has 1 aromatic rings. The maximum Gasteiger partial charge on any atom is 0.305 e. The van der Waals surface area contributed by atoms with Crippen molar-refractivity contribution in [1.29, 1.82) is 0 Å². The van der Waals surface area contributed by atoms with E-state index >= 15 is 0 Å². The Hall–Kier alpha value is -1.14. The molecule has 0 amide bonds. The molecule has 0 spiro atoms. The number of esters is 1. The van der Waals surface area contributed by atoms with Crippen molar-refractivity contribution < 1.29 is 9.53 Å². The van der Waals surface area contributed by atoms with Crippen molar-refractivity contribution in [3.8, 4) is 0 Å². The Bertz CT molecular complexity index is 451. The van der Waals surface area contributed by atoms with E-state index in [0.717, 1.165) is 11.0 Å². The molecule has 20 heavy (non-hydrogen) atoms. The van der Waals surface area contributed by atoms with Gasteiger partial charge in [0, 0.05) is 31.0 Å². The minimum absolute atomic E-state index is 0.194. The molecule has 110 valence electrons. The zero-order valence-corrected chi connectivity index (χ0v) is 14.1. The van der Waals surface area contributed by atoms with Gasteiger partial charge in [0.1, 0.15) is 0 Å². The van der Waals surface area contributed by atoms with Crippen molar-refractivity contribution in [2.45, 2.75) is 19.4 Å². The number of benzene rings is 1. The molecule has 1 N–H and O–H groups in total. The van der Waals surface area contributed by atoms with Crippen LogP contribution in [0, 0.1) is 0 Å². The average Bonchev–Trinajstić information content (AvgIpc) is 2.45. The van der Waals surface area contributed by atoms with Crippen LogP contribution >= 0.6 is 28.1 Å². The van der Waals surface area contributed by atoms with E-state index in [2.05, 4.69) is 38.1 Å². The number of nitrogens with zero attached hydrogens (tertiary/aromatic N) is 1. The molecule has 0 bridgehead atoms. The Morgan fingerprint density at radius 3 is 2.65 bits per heavy atom. The molecule has 1 aromatic carbocycles. The normalized spacial score (nSPS) is 9.95. The number of nitrogens with one attached hydrogen (secondary N) is 1. The van der Waals surface area contributed by atoms with Crippen LogP contribution in [0.1, 0.15) is 18.4 Å². The second-order valence-electron chi connectivity index (χ2n) is 4.39. The molecule has 0 fully saturated rings. The van der Waals surface area contributed by atoms with Gasteiger partial charge >= 0.3 is 5.97 Å². The summed E-state index contributed by atoms with van der Waals surface area (Å²) in [6.07, 6.45) is 1.11. The number of hydrogen-bond donors (Lipinski definition) is 1. The number of rotatable bonds is 6. The SMILES string of the molecule is COC(=O)CCCNC(=S)N(C)Cc1ccc(Br)cc1. The van der Waals surface area contributed by atoms with Gasteiger partial charge in [0.05, 0.1) is 7.11 Å². The lowest BCUT2D eigenvalue weighted by Gasteiger charge is -2.21. The predicted octanol–water partition coefficient (Wildman–Crippen LogP) is 2.71. The second-order valence-corrected chi connectivity index (χ2v) is 5.70. The summed E-state index contributed by atoms with van der Waals surface area (Å²) in [4.78, 5) is 12.9. The highest BCUT2D eigenvalue weighted by atomic mass is 79.9. The van der Waals surface area contributed by atoms with Gasteiger partial charge in [-0.3, -0.25) is 4.79 Å². The van der Waals surface area contributed by atoms with E-state index in [9.17, 15) is 4.79 Å². The fraction of sp³-hybridized carbons (Fsp3) is 0.429. The second kappa shape index (κ2) is 8.92. The molecule has 0 aliphatic heterocycles. The first-order valence-corrected chi connectivity index (χ1v) is 7.53. The van der Waals surface area contributed by atoms with Crippen LogP contribution < -0.4 is 5.32 Å². The lowest BCUT2D eigenvalue weighted by atomic mass is 10.2. The third-order valence-corrected chi connectivity index (χ3v) is 3.73. The molecular formula is C14H19BrN2O2S. The van der Waals surface area contributed by atoms with Gasteiger partial charge in [-0.1, -0.05) is 28.1 Å². The van der Waals surface area contributed by atoms with Gasteiger partial charge in [-0.25, -0.2) is 0 Å². The fourth-order valence-corrected chi connectivity index (χ4v) is 2.03. The molecule has 0 radical (unpaired) electrons. The largest absolute Gasteiger partial charge is 0.469 e. The third kappa shape index (κ3) is 6.34. The van der Waals surface area contributed by atoms with Crippen LogP contribution in [0.3, 0.4) is 0 Å². The molecule has 0 saturated carbocycles. The lowest BCUT2D eigenvalue weighted by Crippen LogP contribution is -2.37. The summed E-state index contributed by atoms with van der Waals surface area (Å²) >= 11 is 8.71. The van der Waals surface area contributed by atoms with Crippen LogP contribution in [0.5, 0.6) is 0 Å². The Morgan fingerprint density at radius 2 is 2.05 bits per heavy atom. The van der Waals surface area contributed by atoms with Gasteiger partial charge in [-0.15, -0.1) is 0 Å². The summed E-state index contributed by atoms with van der Waals surface area (Å²) < 4.78 is 5.64. The van der Waals surface area contributed by atoms with Crippen LogP contribution in [-0.2, 0) is 16.1 Å². The first-order valence-electron chi connectivity index (χ1n) is 6.33. The summed E-state index contributed by atoms with van der Waals surface area (Å²) in [6, 6.07) is 8.13. The van der Waals surface area contributed by atoms with E-state index in [1.54, 1.807) is 0 Å². The zero-order valence-electron chi connectivity index (χ0n) is 11.7. The molecule has 6 heteroatoms. The molecule has 4 nitrogen and oxygen atoms in total. The highest BCUT2D eigenvalue weighted by molar-refractivity contribution is 9.10. The standard InChI is InChI=1S/C14H19BrN2O2S/c1-17(10-11-5-7-12(15)8-6-11)14(20)16-9-3-4-13(18)19-2/h5-8H,3-4,9-10H2,1-2H3,(H,16,20). The number of halogens is 1. The Labute approximate surface area is 133 Å². The first-order chi connectivity index (χ1) is 9.52. The van der Waals surface area contributed by atoms with Crippen LogP contribution in [0.2, 0.25) is 0 Å². The number of methoxy groups -OCH3 is 1. The van der Waals surface area contributed by atoms with Crippen LogP contribution in [0.4, 0.5) is 0 Å². The Morgan fingerprint density at radius 1 is 1.40 bits per heavy atom. The Kier molecular flexibility index (Phi) is 7.54. The summed E-state index contributed by atoms with van der Waals surface area (Å²) in [7, 11) is 3.34. The van der Waals surface area contributed by atoms with Gasteiger partial charge < -0.3 is 15.0 Å². The quantitative estimate of drug-likeness (QED) is 0.481. The maximum absolute atomic E-state index is 11.0. The molecule has 0 unspecified atom stereocenters. The average molecular weight is 359 g/mol. The number of carbonyl (C=O) groups excluding carboxylic acids is 1. The molecular weight excluding hydrogens is 340 g/mol. The number of ether oxygens (including phenoxy) is 1. The van der Waals surface area contributed by atoms with Gasteiger partial charge in [0.25, 0.3) is 0 Å². The lowest BCUT2D eigenvalue weighted by molar-refractivity contribution is -0.140. The van der Waals surface area contributed by atoms with Crippen molar-refractivity contribution in [3.63, 3.8) is 0 Å². The zero-order chi connectivity index (χ0) is 15.0. The molecule has 0 aliphatic rings. The molecule has 0 saturated heterocycles. The Balaban J connectivity index is 2.28. The molecule has 0 atom stereocenters. The monoisotopic (exact) mass is 358 g/mol. The van der Waals surface area contributed by atoms with Crippen molar-refractivity contribution >= 4 is 39.2 Å². The van der Waals surface area contributed by atoms with Crippen molar-refractivity contribution in [2.75, 3.05) is 20.7 Å². The molecule has 0 heterocycles. The molecule has 0 aliphatic carbocycles. The number of thiocarbonyl (C=S) groups is 1. The van der Waals surface area contributed by atoms with Crippen LogP contribution in [-0.4, -0.2) is 36.7 Å². The summed E-state index contributed by atoms with van der Waals surface area (Å²) in [6.45, 7) is 1.41. The predicted molar refractivity (Wildman–Crippen MR) is 87.5 cm³/mol. The van der Waals surface area contributed by atoms with E-state index in [-0.39, 0.29) is 5.97 Å². The minimum atomic E-state index is -0.194. The fourth-order valence-electron chi connectivity index (χ4n) is 1.60. The van der Waals surface area contributed by atoms with Gasteiger partial charge in [0.15, 0.2) is 5.11 Å². The topological polar surface area (TPSA) is 41.6 Å².